The van der Waals surface area contributed by atoms with Crippen LogP contribution in [0.4, 0.5) is 0 Å². The van der Waals surface area contributed by atoms with Crippen LogP contribution in [0.1, 0.15) is 20.3 Å². The number of nitrogens with two attached hydrogens (primary N) is 1. The van der Waals surface area contributed by atoms with E-state index in [-0.39, 0.29) is 18.4 Å². The highest BCUT2D eigenvalue weighted by atomic mass is 16.2. The lowest BCUT2D eigenvalue weighted by molar-refractivity contribution is -0.128. The molecule has 1 aliphatic heterocycles. The van der Waals surface area contributed by atoms with E-state index in [0.29, 0.717) is 11.8 Å². The minimum atomic E-state index is -0.662. The van der Waals surface area contributed by atoms with Gasteiger partial charge in [-0.05, 0) is 24.5 Å². The minimum absolute atomic E-state index is 0.261. The second kappa shape index (κ2) is 6.47. The number of amides is 2. The van der Waals surface area contributed by atoms with E-state index in [2.05, 4.69) is 15.3 Å². The topological polar surface area (TPSA) is 96.9 Å². The van der Waals surface area contributed by atoms with Crippen LogP contribution < -0.4 is 21.8 Å². The van der Waals surface area contributed by atoms with E-state index in [1.165, 1.54) is 0 Å². The molecule has 21 heavy (non-hydrogen) atoms. The summed E-state index contributed by atoms with van der Waals surface area (Å²) in [4.78, 5) is 32.4. The first kappa shape index (κ1) is 15.2. The molecule has 0 spiro atoms. The van der Waals surface area contributed by atoms with Crippen molar-refractivity contribution in [1.82, 2.24) is 5.32 Å². The molecule has 0 saturated carbocycles. The molecular weight excluding hydrogens is 268 g/mol. The summed E-state index contributed by atoms with van der Waals surface area (Å²) in [5.74, 6) is -0.570. The molecule has 1 aliphatic rings. The summed E-state index contributed by atoms with van der Waals surface area (Å²) in [6.45, 7) is 4.23. The van der Waals surface area contributed by atoms with Gasteiger partial charge in [0.1, 0.15) is 12.1 Å². The van der Waals surface area contributed by atoms with E-state index in [1.54, 1.807) is 0 Å². The standard InChI is InChI=1S/C15H20N4O2/c1-9(2)7-12(14(16)20)19-15(21)13-8-17-10-5-3-4-6-11(10)18-13/h3-6,9,12-13H,7-8H2,1-2H3,(H2,16,20)(H,19,21)/t12-,13?/m0/s1. The Morgan fingerprint density at radius 2 is 2.00 bits per heavy atom. The molecule has 0 aromatic heterocycles. The van der Waals surface area contributed by atoms with Crippen LogP contribution in [0.25, 0.3) is 0 Å². The predicted octanol–water partition coefficient (Wildman–Crippen LogP) is -0.676. The lowest BCUT2D eigenvalue weighted by atomic mass is 10.0. The fourth-order valence-corrected chi connectivity index (χ4v) is 2.23. The third-order valence-corrected chi connectivity index (χ3v) is 3.28. The van der Waals surface area contributed by atoms with Gasteiger partial charge in [0.05, 0.1) is 17.3 Å². The molecule has 0 radical (unpaired) electrons. The number of para-hydroxylation sites is 2. The highest BCUT2D eigenvalue weighted by molar-refractivity contribution is 5.89. The zero-order chi connectivity index (χ0) is 15.4. The number of nitrogens with zero attached hydrogens (tertiary/aromatic N) is 2. The second-order valence-corrected chi connectivity index (χ2v) is 5.57. The summed E-state index contributed by atoms with van der Waals surface area (Å²) in [7, 11) is 0. The van der Waals surface area contributed by atoms with Gasteiger partial charge in [-0.2, -0.15) is 0 Å². The summed E-state index contributed by atoms with van der Waals surface area (Å²) in [6.07, 6.45) is 0.515. The van der Waals surface area contributed by atoms with Crippen LogP contribution >= 0.6 is 0 Å². The Kier molecular flexibility index (Phi) is 4.67. The molecule has 3 N–H and O–H groups in total. The van der Waals surface area contributed by atoms with Gasteiger partial charge in [0, 0.05) is 0 Å². The normalized spacial score (nSPS) is 18.1. The highest BCUT2D eigenvalue weighted by Gasteiger charge is 2.25. The first-order valence-corrected chi connectivity index (χ1v) is 7.04. The summed E-state index contributed by atoms with van der Waals surface area (Å²) in [5, 5.41) is 4.17. The van der Waals surface area contributed by atoms with Crippen molar-refractivity contribution in [2.45, 2.75) is 32.4 Å². The first-order chi connectivity index (χ1) is 9.97. The van der Waals surface area contributed by atoms with E-state index in [0.717, 1.165) is 5.36 Å². The predicted molar refractivity (Wildman–Crippen MR) is 78.0 cm³/mol. The van der Waals surface area contributed by atoms with Crippen molar-refractivity contribution in [2.24, 2.45) is 21.6 Å². The monoisotopic (exact) mass is 288 g/mol. The van der Waals surface area contributed by atoms with E-state index in [4.69, 9.17) is 5.73 Å². The van der Waals surface area contributed by atoms with Crippen LogP contribution in [0.2, 0.25) is 0 Å². The number of benzene rings is 1. The quantitative estimate of drug-likeness (QED) is 0.751. The van der Waals surface area contributed by atoms with Crippen molar-refractivity contribution >= 4 is 11.8 Å². The van der Waals surface area contributed by atoms with Gasteiger partial charge in [0.2, 0.25) is 11.8 Å². The fraction of sp³-hybridized carbons (Fsp3) is 0.467. The number of hydrogen-bond acceptors (Lipinski definition) is 4. The van der Waals surface area contributed by atoms with Gasteiger partial charge >= 0.3 is 0 Å². The van der Waals surface area contributed by atoms with Crippen LogP contribution in [0.15, 0.2) is 34.3 Å². The summed E-state index contributed by atoms with van der Waals surface area (Å²) in [5.41, 5.74) is 5.33. The van der Waals surface area contributed by atoms with Gasteiger partial charge in [-0.1, -0.05) is 26.0 Å². The van der Waals surface area contributed by atoms with Gasteiger partial charge < -0.3 is 11.1 Å². The molecule has 2 rings (SSSR count). The third-order valence-electron chi connectivity index (χ3n) is 3.28. The lowest BCUT2D eigenvalue weighted by Gasteiger charge is -2.20. The largest absolute Gasteiger partial charge is 0.368 e. The average Bonchev–Trinajstić information content (AvgIpc) is 2.45. The van der Waals surface area contributed by atoms with Gasteiger partial charge in [-0.25, -0.2) is 0 Å². The summed E-state index contributed by atoms with van der Waals surface area (Å²) >= 11 is 0. The maximum Gasteiger partial charge on any atom is 0.247 e. The highest BCUT2D eigenvalue weighted by Crippen LogP contribution is 2.05. The first-order valence-electron chi connectivity index (χ1n) is 7.04. The maximum absolute atomic E-state index is 12.2. The number of carbonyl (C=O) groups is 2. The summed E-state index contributed by atoms with van der Waals surface area (Å²) < 4.78 is 0. The molecule has 0 fully saturated rings. The van der Waals surface area contributed by atoms with Crippen molar-refractivity contribution in [1.29, 1.82) is 0 Å². The molecule has 1 aromatic carbocycles. The van der Waals surface area contributed by atoms with Crippen LogP contribution in [0.5, 0.6) is 0 Å². The van der Waals surface area contributed by atoms with Gasteiger partial charge in [-0.15, -0.1) is 0 Å². The molecule has 0 bridgehead atoms. The molecule has 6 nitrogen and oxygen atoms in total. The molecule has 2 atom stereocenters. The molecule has 1 unspecified atom stereocenters. The number of carbonyl (C=O) groups excluding carboxylic acids is 2. The molecular formula is C15H20N4O2. The number of rotatable bonds is 5. The number of fused-ring (bicyclic) bond motifs is 1. The average molecular weight is 288 g/mol. The maximum atomic E-state index is 12.2. The Bertz CT molecular complexity index is 654. The van der Waals surface area contributed by atoms with Crippen molar-refractivity contribution in [3.05, 3.63) is 35.0 Å². The van der Waals surface area contributed by atoms with Crippen LogP contribution in [0.3, 0.4) is 0 Å². The van der Waals surface area contributed by atoms with Gasteiger partial charge in [0.15, 0.2) is 0 Å². The zero-order valence-corrected chi connectivity index (χ0v) is 12.2. The molecule has 1 aromatic rings. The van der Waals surface area contributed by atoms with Crippen LogP contribution in [0, 0.1) is 5.92 Å². The van der Waals surface area contributed by atoms with Crippen molar-refractivity contribution in [2.75, 3.05) is 6.54 Å². The van der Waals surface area contributed by atoms with Crippen LogP contribution in [-0.4, -0.2) is 30.4 Å². The Balaban J connectivity index is 2.11. The van der Waals surface area contributed by atoms with E-state index < -0.39 is 18.0 Å². The molecule has 2 amide bonds. The zero-order valence-electron chi connectivity index (χ0n) is 12.2. The molecule has 6 heteroatoms. The molecule has 0 saturated heterocycles. The molecule has 112 valence electrons. The Labute approximate surface area is 123 Å². The smallest absolute Gasteiger partial charge is 0.247 e. The van der Waals surface area contributed by atoms with Crippen molar-refractivity contribution in [3.8, 4) is 0 Å². The molecule has 1 heterocycles. The Morgan fingerprint density at radius 3 is 2.62 bits per heavy atom. The summed E-state index contributed by atoms with van der Waals surface area (Å²) in [6, 6.07) is 6.14. The number of hydrogen-bond donors (Lipinski definition) is 2. The third kappa shape index (κ3) is 3.87. The SMILES string of the molecule is CC(C)C[C@H](NC(=O)C1CN=c2ccccc2=N1)C(N)=O. The number of nitrogens with one attached hydrogen (secondary N) is 1. The fourth-order valence-electron chi connectivity index (χ4n) is 2.23. The van der Waals surface area contributed by atoms with E-state index >= 15 is 0 Å². The van der Waals surface area contributed by atoms with Crippen molar-refractivity contribution < 1.29 is 9.59 Å². The lowest BCUT2D eigenvalue weighted by Crippen LogP contribution is -2.50. The van der Waals surface area contributed by atoms with Crippen molar-refractivity contribution in [3.63, 3.8) is 0 Å². The molecule has 0 aliphatic carbocycles. The van der Waals surface area contributed by atoms with E-state index in [9.17, 15) is 9.59 Å². The van der Waals surface area contributed by atoms with Gasteiger partial charge in [-0.3, -0.25) is 19.6 Å². The number of primary amides is 1. The van der Waals surface area contributed by atoms with E-state index in [1.807, 2.05) is 38.1 Å². The Hall–Kier alpha value is -2.24. The van der Waals surface area contributed by atoms with Crippen LogP contribution in [-0.2, 0) is 9.59 Å². The Morgan fingerprint density at radius 1 is 1.33 bits per heavy atom. The van der Waals surface area contributed by atoms with Gasteiger partial charge in [0.25, 0.3) is 0 Å². The minimum Gasteiger partial charge on any atom is -0.368 e. The second-order valence-electron chi connectivity index (χ2n) is 5.57.